The number of aryl methyl sites for hydroxylation is 2. The molecule has 0 aliphatic carbocycles. The first-order valence-electron chi connectivity index (χ1n) is 9.92. The lowest BCUT2D eigenvalue weighted by Crippen LogP contribution is -2.15. The van der Waals surface area contributed by atoms with Crippen molar-refractivity contribution in [2.24, 2.45) is 0 Å². The van der Waals surface area contributed by atoms with Gasteiger partial charge in [-0.2, -0.15) is 0 Å². The maximum Gasteiger partial charge on any atom is 0.234 e. The van der Waals surface area contributed by atoms with Gasteiger partial charge in [0, 0.05) is 30.8 Å². The van der Waals surface area contributed by atoms with Crippen LogP contribution in [0.3, 0.4) is 0 Å². The van der Waals surface area contributed by atoms with Gasteiger partial charge >= 0.3 is 0 Å². The summed E-state index contributed by atoms with van der Waals surface area (Å²) in [6.07, 6.45) is 2.46. The zero-order chi connectivity index (χ0) is 22.1. The molecule has 0 saturated carbocycles. The number of anilines is 2. The lowest BCUT2D eigenvalue weighted by Gasteiger charge is -2.09. The van der Waals surface area contributed by atoms with Crippen molar-refractivity contribution in [3.8, 4) is 0 Å². The molecule has 0 atom stereocenters. The molecule has 160 valence electrons. The first kappa shape index (κ1) is 22.3. The van der Waals surface area contributed by atoms with E-state index >= 15 is 0 Å². The fourth-order valence-electron chi connectivity index (χ4n) is 2.94. The first-order chi connectivity index (χ1) is 15.0. The van der Waals surface area contributed by atoms with Crippen molar-refractivity contribution >= 4 is 35.0 Å². The van der Waals surface area contributed by atoms with Gasteiger partial charge in [0.25, 0.3) is 0 Å². The minimum Gasteiger partial charge on any atom is -0.326 e. The number of rotatable bonds is 10. The normalized spacial score (nSPS) is 10.5. The van der Waals surface area contributed by atoms with E-state index < -0.39 is 0 Å². The van der Waals surface area contributed by atoms with Gasteiger partial charge in [-0.05, 0) is 36.8 Å². The predicted octanol–water partition coefficient (Wildman–Crippen LogP) is 4.07. The summed E-state index contributed by atoms with van der Waals surface area (Å²) in [5.74, 6) is 0.681. The lowest BCUT2D eigenvalue weighted by molar-refractivity contribution is -0.116. The van der Waals surface area contributed by atoms with Gasteiger partial charge in [0.1, 0.15) is 5.82 Å². The van der Waals surface area contributed by atoms with Gasteiger partial charge in [0.2, 0.25) is 11.8 Å². The highest BCUT2D eigenvalue weighted by molar-refractivity contribution is 7.99. The molecule has 0 aliphatic heterocycles. The smallest absolute Gasteiger partial charge is 0.234 e. The number of hydrogen-bond donors (Lipinski definition) is 2. The highest BCUT2D eigenvalue weighted by Gasteiger charge is 2.15. The Kier molecular flexibility index (Phi) is 8.00. The fourth-order valence-corrected chi connectivity index (χ4v) is 3.71. The van der Waals surface area contributed by atoms with Gasteiger partial charge in [0.05, 0.1) is 5.75 Å². The van der Waals surface area contributed by atoms with Crippen molar-refractivity contribution in [3.05, 3.63) is 78.6 Å². The van der Waals surface area contributed by atoms with E-state index in [0.717, 1.165) is 16.9 Å². The summed E-state index contributed by atoms with van der Waals surface area (Å²) in [4.78, 5) is 24.5. The minimum absolute atomic E-state index is 0.0916. The van der Waals surface area contributed by atoms with Crippen LogP contribution in [0.4, 0.5) is 11.4 Å². The molecular formula is C23H25N5O2S. The standard InChI is InChI=1S/C23H25N5O2S/c1-3-14-28-20(12-13-21(29)24-18-9-5-4-6-10-18)26-27-23(28)31-16-22(30)25-19-11-7-8-17(2)15-19/h3-11,15H,1,12-14,16H2,2H3,(H,24,29)(H,25,30). The highest BCUT2D eigenvalue weighted by Crippen LogP contribution is 2.19. The zero-order valence-electron chi connectivity index (χ0n) is 17.4. The van der Waals surface area contributed by atoms with E-state index in [9.17, 15) is 9.59 Å². The average molecular weight is 436 g/mol. The van der Waals surface area contributed by atoms with Crippen LogP contribution in [0, 0.1) is 6.92 Å². The maximum atomic E-state index is 12.3. The van der Waals surface area contributed by atoms with E-state index in [1.165, 1.54) is 11.8 Å². The third-order valence-corrected chi connectivity index (χ3v) is 5.34. The molecule has 2 amide bonds. The Morgan fingerprint density at radius 1 is 1.03 bits per heavy atom. The van der Waals surface area contributed by atoms with Crippen LogP contribution in [0.5, 0.6) is 0 Å². The Labute approximate surface area is 186 Å². The van der Waals surface area contributed by atoms with E-state index in [-0.39, 0.29) is 24.0 Å². The maximum absolute atomic E-state index is 12.3. The average Bonchev–Trinajstić information content (AvgIpc) is 3.13. The second kappa shape index (κ2) is 11.1. The topological polar surface area (TPSA) is 88.9 Å². The van der Waals surface area contributed by atoms with Gasteiger partial charge in [-0.3, -0.25) is 9.59 Å². The van der Waals surface area contributed by atoms with Crippen LogP contribution in [0.25, 0.3) is 0 Å². The molecular weight excluding hydrogens is 410 g/mol. The van der Waals surface area contributed by atoms with Crippen LogP contribution >= 0.6 is 11.8 Å². The first-order valence-corrected chi connectivity index (χ1v) is 10.9. The number of nitrogens with one attached hydrogen (secondary N) is 2. The molecule has 0 unspecified atom stereocenters. The molecule has 2 aromatic carbocycles. The Morgan fingerprint density at radius 3 is 2.52 bits per heavy atom. The van der Waals surface area contributed by atoms with E-state index in [0.29, 0.717) is 23.9 Å². The van der Waals surface area contributed by atoms with Crippen LogP contribution in [0.1, 0.15) is 17.8 Å². The van der Waals surface area contributed by atoms with Gasteiger partial charge in [-0.15, -0.1) is 16.8 Å². The number of para-hydroxylation sites is 1. The summed E-state index contributed by atoms with van der Waals surface area (Å²) >= 11 is 1.31. The number of thioether (sulfide) groups is 1. The van der Waals surface area contributed by atoms with E-state index in [4.69, 9.17) is 0 Å². The number of allylic oxidation sites excluding steroid dienone is 1. The van der Waals surface area contributed by atoms with Gasteiger partial charge < -0.3 is 15.2 Å². The van der Waals surface area contributed by atoms with Crippen molar-refractivity contribution in [2.75, 3.05) is 16.4 Å². The number of nitrogens with zero attached hydrogens (tertiary/aromatic N) is 3. The number of hydrogen-bond acceptors (Lipinski definition) is 5. The summed E-state index contributed by atoms with van der Waals surface area (Å²) in [6.45, 7) is 6.26. The van der Waals surface area contributed by atoms with Crippen LogP contribution in [-0.4, -0.2) is 32.3 Å². The number of benzene rings is 2. The van der Waals surface area contributed by atoms with Crippen molar-refractivity contribution in [3.63, 3.8) is 0 Å². The minimum atomic E-state index is -0.118. The summed E-state index contributed by atoms with van der Waals surface area (Å²) < 4.78 is 1.88. The SMILES string of the molecule is C=CCn1c(CCC(=O)Nc2ccccc2)nnc1SCC(=O)Nc1cccc(C)c1. The molecule has 2 N–H and O–H groups in total. The van der Waals surface area contributed by atoms with Crippen LogP contribution in [-0.2, 0) is 22.6 Å². The Hall–Kier alpha value is -3.39. The van der Waals surface area contributed by atoms with Gasteiger partial charge in [-0.1, -0.05) is 48.2 Å². The molecule has 3 rings (SSSR count). The largest absolute Gasteiger partial charge is 0.326 e. The second-order valence-electron chi connectivity index (χ2n) is 6.92. The second-order valence-corrected chi connectivity index (χ2v) is 7.86. The molecule has 31 heavy (non-hydrogen) atoms. The van der Waals surface area contributed by atoms with E-state index in [2.05, 4.69) is 27.4 Å². The molecule has 0 spiro atoms. The van der Waals surface area contributed by atoms with Gasteiger partial charge in [-0.25, -0.2) is 0 Å². The summed E-state index contributed by atoms with van der Waals surface area (Å²) in [7, 11) is 0. The summed E-state index contributed by atoms with van der Waals surface area (Å²) in [5, 5.41) is 14.8. The Bertz CT molecular complexity index is 1050. The molecule has 0 aliphatic rings. The predicted molar refractivity (Wildman–Crippen MR) is 124 cm³/mol. The number of aromatic nitrogens is 3. The number of carbonyl (C=O) groups is 2. The zero-order valence-corrected chi connectivity index (χ0v) is 18.2. The molecule has 0 radical (unpaired) electrons. The van der Waals surface area contributed by atoms with Crippen molar-refractivity contribution in [2.45, 2.75) is 31.5 Å². The molecule has 1 heterocycles. The molecule has 0 saturated heterocycles. The molecule has 0 fully saturated rings. The Balaban J connectivity index is 1.56. The molecule has 7 nitrogen and oxygen atoms in total. The fraction of sp³-hybridized carbons (Fsp3) is 0.217. The van der Waals surface area contributed by atoms with Crippen molar-refractivity contribution < 1.29 is 9.59 Å². The van der Waals surface area contributed by atoms with Gasteiger partial charge in [0.15, 0.2) is 5.16 Å². The number of carbonyl (C=O) groups excluding carboxylic acids is 2. The van der Waals surface area contributed by atoms with Crippen LogP contribution in [0.15, 0.2) is 72.4 Å². The van der Waals surface area contributed by atoms with E-state index in [1.807, 2.05) is 66.1 Å². The third kappa shape index (κ3) is 6.82. The van der Waals surface area contributed by atoms with Crippen molar-refractivity contribution in [1.29, 1.82) is 0 Å². The molecule has 8 heteroatoms. The molecule has 3 aromatic rings. The van der Waals surface area contributed by atoms with E-state index in [1.54, 1.807) is 6.08 Å². The monoisotopic (exact) mass is 435 g/mol. The molecule has 1 aromatic heterocycles. The Morgan fingerprint density at radius 2 is 1.77 bits per heavy atom. The van der Waals surface area contributed by atoms with Crippen LogP contribution < -0.4 is 10.6 Å². The third-order valence-electron chi connectivity index (χ3n) is 4.37. The number of amides is 2. The quantitative estimate of drug-likeness (QED) is 0.370. The summed E-state index contributed by atoms with van der Waals surface area (Å²) in [6, 6.07) is 17.0. The molecule has 0 bridgehead atoms. The van der Waals surface area contributed by atoms with Crippen LogP contribution in [0.2, 0.25) is 0 Å². The lowest BCUT2D eigenvalue weighted by atomic mass is 10.2. The highest BCUT2D eigenvalue weighted by atomic mass is 32.2. The summed E-state index contributed by atoms with van der Waals surface area (Å²) in [5.41, 5.74) is 2.61. The van der Waals surface area contributed by atoms with Crippen molar-refractivity contribution in [1.82, 2.24) is 14.8 Å².